The fourth-order valence-corrected chi connectivity index (χ4v) is 3.25. The van der Waals surface area contributed by atoms with E-state index >= 15 is 0 Å². The van der Waals surface area contributed by atoms with Crippen LogP contribution < -0.4 is 0 Å². The van der Waals surface area contributed by atoms with Crippen LogP contribution >= 0.6 is 0 Å². The summed E-state index contributed by atoms with van der Waals surface area (Å²) in [5.74, 6) is 1.17. The Morgan fingerprint density at radius 1 is 1.29 bits per heavy atom. The summed E-state index contributed by atoms with van der Waals surface area (Å²) in [4.78, 5) is 11.4. The van der Waals surface area contributed by atoms with Gasteiger partial charge in [-0.15, -0.1) is 0 Å². The number of Topliss-reactive ketones (excluding diaryl/α,β-unsaturated/α-hetero) is 1. The van der Waals surface area contributed by atoms with Gasteiger partial charge in [0.15, 0.2) is 0 Å². The predicted octanol–water partition coefficient (Wildman–Crippen LogP) is 1.43. The summed E-state index contributed by atoms with van der Waals surface area (Å²) in [5.41, 5.74) is 0. The van der Waals surface area contributed by atoms with E-state index in [9.17, 15) is 13.2 Å². The van der Waals surface area contributed by atoms with E-state index in [0.717, 1.165) is 0 Å². The molecule has 0 aliphatic carbocycles. The molecule has 4 heteroatoms. The summed E-state index contributed by atoms with van der Waals surface area (Å²) in [7, 11) is -2.78. The highest BCUT2D eigenvalue weighted by Crippen LogP contribution is 2.23. The van der Waals surface area contributed by atoms with E-state index in [-0.39, 0.29) is 23.2 Å². The highest BCUT2D eigenvalue weighted by atomic mass is 32.2. The number of carbonyl (C=O) groups is 1. The van der Waals surface area contributed by atoms with E-state index in [0.29, 0.717) is 25.2 Å². The first-order valence-electron chi connectivity index (χ1n) is 5.14. The largest absolute Gasteiger partial charge is 0.299 e. The van der Waals surface area contributed by atoms with Crippen molar-refractivity contribution in [1.82, 2.24) is 0 Å². The van der Waals surface area contributed by atoms with Gasteiger partial charge in [0.25, 0.3) is 0 Å². The van der Waals surface area contributed by atoms with Crippen LogP contribution in [0.3, 0.4) is 0 Å². The van der Waals surface area contributed by atoms with Crippen molar-refractivity contribution >= 4 is 15.6 Å². The van der Waals surface area contributed by atoms with Crippen LogP contribution in [0.5, 0.6) is 0 Å². The molecule has 0 aromatic rings. The van der Waals surface area contributed by atoms with Crippen molar-refractivity contribution in [3.8, 4) is 0 Å². The van der Waals surface area contributed by atoms with Gasteiger partial charge in [0.2, 0.25) is 0 Å². The van der Waals surface area contributed by atoms with Gasteiger partial charge < -0.3 is 0 Å². The van der Waals surface area contributed by atoms with E-state index < -0.39 is 9.84 Å². The Hall–Kier alpha value is -0.380. The maximum absolute atomic E-state index is 11.4. The molecule has 82 valence electrons. The zero-order valence-electron chi connectivity index (χ0n) is 8.82. The summed E-state index contributed by atoms with van der Waals surface area (Å²) in [6.45, 7) is 3.78. The molecule has 0 bridgehead atoms. The summed E-state index contributed by atoms with van der Waals surface area (Å²) in [6, 6.07) is 0. The van der Waals surface area contributed by atoms with Crippen LogP contribution in [0.4, 0.5) is 0 Å². The van der Waals surface area contributed by atoms with E-state index in [4.69, 9.17) is 0 Å². The lowest BCUT2D eigenvalue weighted by Crippen LogP contribution is -2.25. The number of ketones is 1. The van der Waals surface area contributed by atoms with Crippen molar-refractivity contribution in [2.75, 3.05) is 11.5 Å². The third-order valence-electron chi connectivity index (χ3n) is 2.81. The monoisotopic (exact) mass is 218 g/mol. The molecule has 1 saturated heterocycles. The van der Waals surface area contributed by atoms with Crippen molar-refractivity contribution in [3.63, 3.8) is 0 Å². The minimum absolute atomic E-state index is 0.0773. The molecule has 1 heterocycles. The van der Waals surface area contributed by atoms with Crippen molar-refractivity contribution in [3.05, 3.63) is 0 Å². The standard InChI is InChI=1S/C10H18O3S/c1-8(2)10(11)7-9-3-5-14(12,13)6-4-9/h8-9H,3-7H2,1-2H3. The molecule has 14 heavy (non-hydrogen) atoms. The fraction of sp³-hybridized carbons (Fsp3) is 0.900. The average Bonchev–Trinajstić information content (AvgIpc) is 2.08. The topological polar surface area (TPSA) is 51.2 Å². The lowest BCUT2D eigenvalue weighted by Gasteiger charge is -2.21. The first-order chi connectivity index (χ1) is 6.41. The smallest absolute Gasteiger partial charge is 0.150 e. The van der Waals surface area contributed by atoms with Gasteiger partial charge in [-0.1, -0.05) is 13.8 Å². The van der Waals surface area contributed by atoms with E-state index in [2.05, 4.69) is 0 Å². The molecule has 1 rings (SSSR count). The lowest BCUT2D eigenvalue weighted by atomic mass is 9.92. The number of sulfone groups is 1. The van der Waals surface area contributed by atoms with Crippen LogP contribution in [-0.4, -0.2) is 25.7 Å². The zero-order chi connectivity index (χ0) is 10.8. The van der Waals surface area contributed by atoms with Gasteiger partial charge in [0, 0.05) is 12.3 Å². The Labute approximate surface area is 85.8 Å². The Balaban J connectivity index is 2.40. The minimum Gasteiger partial charge on any atom is -0.299 e. The molecule has 1 fully saturated rings. The molecular formula is C10H18O3S. The Morgan fingerprint density at radius 2 is 1.79 bits per heavy atom. The van der Waals surface area contributed by atoms with E-state index in [1.807, 2.05) is 13.8 Å². The van der Waals surface area contributed by atoms with Gasteiger partial charge in [-0.25, -0.2) is 8.42 Å². The van der Waals surface area contributed by atoms with Crippen LogP contribution in [0.1, 0.15) is 33.1 Å². The molecule has 3 nitrogen and oxygen atoms in total. The molecule has 0 saturated carbocycles. The summed E-state index contributed by atoms with van der Waals surface area (Å²) >= 11 is 0. The second kappa shape index (κ2) is 4.43. The third-order valence-corrected chi connectivity index (χ3v) is 4.52. The van der Waals surface area contributed by atoms with Crippen LogP contribution in [0.2, 0.25) is 0 Å². The molecule has 0 aromatic carbocycles. The molecule has 0 atom stereocenters. The van der Waals surface area contributed by atoms with Crippen molar-refractivity contribution in [2.45, 2.75) is 33.1 Å². The van der Waals surface area contributed by atoms with Crippen molar-refractivity contribution < 1.29 is 13.2 Å². The van der Waals surface area contributed by atoms with Gasteiger partial charge in [-0.2, -0.15) is 0 Å². The Morgan fingerprint density at radius 3 is 2.21 bits per heavy atom. The molecular weight excluding hydrogens is 200 g/mol. The summed E-state index contributed by atoms with van der Waals surface area (Å²) in [5, 5.41) is 0. The van der Waals surface area contributed by atoms with Crippen LogP contribution in [0.25, 0.3) is 0 Å². The molecule has 0 unspecified atom stereocenters. The fourth-order valence-electron chi connectivity index (χ4n) is 1.66. The summed E-state index contributed by atoms with van der Waals surface area (Å²) in [6.07, 6.45) is 1.90. The first-order valence-corrected chi connectivity index (χ1v) is 6.96. The van der Waals surface area contributed by atoms with Crippen molar-refractivity contribution in [1.29, 1.82) is 0 Å². The Bertz CT molecular complexity index is 289. The number of rotatable bonds is 3. The average molecular weight is 218 g/mol. The van der Waals surface area contributed by atoms with Gasteiger partial charge >= 0.3 is 0 Å². The molecule has 1 aliphatic rings. The van der Waals surface area contributed by atoms with Crippen LogP contribution in [0.15, 0.2) is 0 Å². The quantitative estimate of drug-likeness (QED) is 0.720. The third kappa shape index (κ3) is 3.40. The number of carbonyl (C=O) groups excluding carboxylic acids is 1. The van der Waals surface area contributed by atoms with E-state index in [1.54, 1.807) is 0 Å². The van der Waals surface area contributed by atoms with Gasteiger partial charge in [0.1, 0.15) is 15.6 Å². The number of hydrogen-bond acceptors (Lipinski definition) is 3. The maximum Gasteiger partial charge on any atom is 0.150 e. The van der Waals surface area contributed by atoms with Crippen LogP contribution in [-0.2, 0) is 14.6 Å². The molecule has 0 amide bonds. The predicted molar refractivity (Wildman–Crippen MR) is 55.8 cm³/mol. The first kappa shape index (κ1) is 11.7. The SMILES string of the molecule is CC(C)C(=O)CC1CCS(=O)(=O)CC1. The zero-order valence-corrected chi connectivity index (χ0v) is 9.64. The normalized spacial score (nSPS) is 22.5. The molecule has 0 radical (unpaired) electrons. The molecule has 0 spiro atoms. The van der Waals surface area contributed by atoms with Gasteiger partial charge in [0.05, 0.1) is 11.5 Å². The van der Waals surface area contributed by atoms with Gasteiger partial charge in [-0.05, 0) is 18.8 Å². The summed E-state index contributed by atoms with van der Waals surface area (Å²) < 4.78 is 22.3. The van der Waals surface area contributed by atoms with Crippen LogP contribution in [0, 0.1) is 11.8 Å². The number of hydrogen-bond donors (Lipinski definition) is 0. The highest BCUT2D eigenvalue weighted by molar-refractivity contribution is 7.91. The Kier molecular flexibility index (Phi) is 3.70. The molecule has 1 aliphatic heterocycles. The van der Waals surface area contributed by atoms with Crippen molar-refractivity contribution in [2.24, 2.45) is 11.8 Å². The second-order valence-corrected chi connectivity index (χ2v) is 6.72. The molecule has 0 N–H and O–H groups in total. The maximum atomic E-state index is 11.4. The lowest BCUT2D eigenvalue weighted by molar-refractivity contribution is -0.122. The van der Waals surface area contributed by atoms with Gasteiger partial charge in [-0.3, -0.25) is 4.79 Å². The minimum atomic E-state index is -2.78. The van der Waals surface area contributed by atoms with E-state index in [1.165, 1.54) is 0 Å². The second-order valence-electron chi connectivity index (χ2n) is 4.42. The highest BCUT2D eigenvalue weighted by Gasteiger charge is 2.25. The molecule has 0 aromatic heterocycles.